The molecule has 1 rings (SSSR count). The van der Waals surface area contributed by atoms with Crippen molar-refractivity contribution in [3.8, 4) is 0 Å². The first-order valence-electron chi connectivity index (χ1n) is 21.0. The Hall–Kier alpha value is -0.0800. The molecule has 0 aromatic heterocycles. The zero-order valence-electron chi connectivity index (χ0n) is 31.4. The van der Waals surface area contributed by atoms with Crippen LogP contribution < -0.4 is 0 Å². The van der Waals surface area contributed by atoms with E-state index >= 15 is 0 Å². The Labute approximate surface area is 280 Å². The van der Waals surface area contributed by atoms with Gasteiger partial charge in [0, 0.05) is 0 Å². The Morgan fingerprint density at radius 2 is 0.500 bits per heavy atom. The van der Waals surface area contributed by atoms with E-state index in [2.05, 4.69) is 32.4 Å². The van der Waals surface area contributed by atoms with E-state index in [1.165, 1.54) is 218 Å². The third kappa shape index (κ3) is 38.1. The fraction of sp³-hybridized carbons (Fsp3) is 1.00. The van der Waals surface area contributed by atoms with Gasteiger partial charge >= 0.3 is 0 Å². The summed E-state index contributed by atoms with van der Waals surface area (Å²) >= 11 is 0. The number of rotatable bonds is 36. The largest absolute Gasteiger partial charge is 0.377 e. The van der Waals surface area contributed by atoms with Gasteiger partial charge in [-0.2, -0.15) is 0 Å². The van der Waals surface area contributed by atoms with Gasteiger partial charge in [-0.15, -0.1) is 0 Å². The predicted molar refractivity (Wildman–Crippen MR) is 199 cm³/mol. The van der Waals surface area contributed by atoms with E-state index in [1.807, 2.05) is 0 Å². The van der Waals surface area contributed by atoms with E-state index in [0.717, 1.165) is 13.2 Å². The lowest BCUT2D eigenvalue weighted by molar-refractivity contribution is -0.0324. The molecule has 2 unspecified atom stereocenters. The molecule has 2 nitrogen and oxygen atoms in total. The van der Waals surface area contributed by atoms with Gasteiger partial charge in [-0.1, -0.05) is 220 Å². The topological polar surface area (TPSA) is 21.8 Å². The van der Waals surface area contributed by atoms with E-state index in [0.29, 0.717) is 12.2 Å². The quantitative estimate of drug-likeness (QED) is 0.0512. The fourth-order valence-corrected chi connectivity index (χ4v) is 6.50. The molecule has 1 fully saturated rings. The van der Waals surface area contributed by atoms with Gasteiger partial charge < -0.3 is 9.47 Å². The maximum absolute atomic E-state index is 7.05. The van der Waals surface area contributed by atoms with Crippen LogP contribution in [0, 0.1) is 0 Å². The van der Waals surface area contributed by atoms with Crippen molar-refractivity contribution in [2.24, 2.45) is 0 Å². The van der Waals surface area contributed by atoms with E-state index in [4.69, 9.17) is 4.74 Å². The summed E-state index contributed by atoms with van der Waals surface area (Å²) in [6.07, 6.45) is 48.8. The number of ether oxygens (including phenoxy) is 2. The maximum Gasteiger partial charge on any atom is 0.0701 e. The lowest BCUT2D eigenvalue weighted by Gasteiger charge is -2.26. The molecule has 0 saturated carbocycles. The summed E-state index contributed by atoms with van der Waals surface area (Å²) in [7, 11) is 0. The summed E-state index contributed by atoms with van der Waals surface area (Å²) in [5.74, 6) is 0. The fourth-order valence-electron chi connectivity index (χ4n) is 6.50. The molecule has 0 aromatic carbocycles. The van der Waals surface area contributed by atoms with Crippen molar-refractivity contribution in [2.75, 3.05) is 13.2 Å². The molecule has 0 N–H and O–H groups in total. The lowest BCUT2D eigenvalue weighted by atomic mass is 9.99. The highest BCUT2D eigenvalue weighted by Crippen LogP contribution is 2.23. The Kier molecular flexibility index (Phi) is 39.0. The average molecular weight is 623 g/mol. The van der Waals surface area contributed by atoms with E-state index < -0.39 is 0 Å². The van der Waals surface area contributed by atoms with Crippen molar-refractivity contribution >= 4 is 0 Å². The molecule has 266 valence electrons. The van der Waals surface area contributed by atoms with Crippen LogP contribution >= 0.6 is 0 Å². The van der Waals surface area contributed by atoms with Crippen LogP contribution in [0.2, 0.25) is 0 Å². The highest BCUT2D eigenvalue weighted by atomic mass is 16.6. The number of hydrogen-bond donors (Lipinski definition) is 0. The van der Waals surface area contributed by atoms with Crippen LogP contribution in [0.4, 0.5) is 0 Å². The minimum absolute atomic E-state index is 0.523. The van der Waals surface area contributed by atoms with Gasteiger partial charge in [0.1, 0.15) is 0 Å². The summed E-state index contributed by atoms with van der Waals surface area (Å²) in [6, 6.07) is 0. The molecule has 0 amide bonds. The summed E-state index contributed by atoms with van der Waals surface area (Å²) in [5, 5.41) is 0. The van der Waals surface area contributed by atoms with Crippen molar-refractivity contribution in [2.45, 2.75) is 258 Å². The first-order chi connectivity index (χ1) is 21.8. The zero-order valence-corrected chi connectivity index (χ0v) is 31.4. The normalized spacial score (nSPS) is 13.9. The van der Waals surface area contributed by atoms with Gasteiger partial charge in [-0.25, -0.2) is 0 Å². The van der Waals surface area contributed by atoms with Crippen molar-refractivity contribution in [3.05, 3.63) is 0 Å². The molecule has 44 heavy (non-hydrogen) atoms. The molecule has 1 saturated heterocycles. The number of epoxide rings is 1. The monoisotopic (exact) mass is 623 g/mol. The molecule has 1 aliphatic rings. The molecule has 1 aliphatic heterocycles. The summed E-state index contributed by atoms with van der Waals surface area (Å²) in [4.78, 5) is 0. The van der Waals surface area contributed by atoms with Gasteiger partial charge in [-0.05, 0) is 25.7 Å². The van der Waals surface area contributed by atoms with Gasteiger partial charge in [0.2, 0.25) is 0 Å². The summed E-state index contributed by atoms with van der Waals surface area (Å²) in [6.45, 7) is 11.3. The van der Waals surface area contributed by atoms with Crippen LogP contribution in [0.5, 0.6) is 0 Å². The highest BCUT2D eigenvalue weighted by Gasteiger charge is 2.17. The molecule has 0 radical (unpaired) electrons. The van der Waals surface area contributed by atoms with E-state index in [1.54, 1.807) is 0 Å². The lowest BCUT2D eigenvalue weighted by Crippen LogP contribution is -2.23. The Bertz CT molecular complexity index is 447. The number of hydrogen-bond acceptors (Lipinski definition) is 2. The molecular weight excluding hydrogens is 536 g/mol. The molecule has 0 spiro atoms. The van der Waals surface area contributed by atoms with Gasteiger partial charge in [0.25, 0.3) is 0 Å². The summed E-state index contributed by atoms with van der Waals surface area (Å²) < 4.78 is 11.6. The van der Waals surface area contributed by atoms with Crippen molar-refractivity contribution in [1.29, 1.82) is 0 Å². The zero-order chi connectivity index (χ0) is 32.0. The molecule has 2 atom stereocenters. The molecule has 2 heteroatoms. The standard InChI is InChI=1S/C40H82O.C2H4O/c1-5-9-13-17-21-23-25-29-33-37-39(35-31-27-19-15-11-7-3)41-40(36-32-28-20-16-12-8-4)38-34-30-26-24-22-18-14-10-6-2;1-2-3-1/h39-40H,5-38H2,1-4H3;1-2H2. The van der Waals surface area contributed by atoms with E-state index in [9.17, 15) is 0 Å². The molecule has 0 bridgehead atoms. The number of unbranched alkanes of at least 4 members (excludes halogenated alkanes) is 26. The predicted octanol–water partition coefficient (Wildman–Crippen LogP) is 15.1. The first kappa shape index (κ1) is 43.9. The Morgan fingerprint density at radius 3 is 0.682 bits per heavy atom. The highest BCUT2D eigenvalue weighted by molar-refractivity contribution is 4.67. The van der Waals surface area contributed by atoms with Crippen molar-refractivity contribution < 1.29 is 9.47 Å². The average Bonchev–Trinajstić information content (AvgIpc) is 3.92. The molecule has 0 aromatic rings. The van der Waals surface area contributed by atoms with Crippen LogP contribution in [0.3, 0.4) is 0 Å². The van der Waals surface area contributed by atoms with Gasteiger partial charge in [-0.3, -0.25) is 0 Å². The molecule has 1 heterocycles. The smallest absolute Gasteiger partial charge is 0.0701 e. The second-order valence-electron chi connectivity index (χ2n) is 14.3. The third-order valence-corrected chi connectivity index (χ3v) is 9.61. The second-order valence-corrected chi connectivity index (χ2v) is 14.3. The minimum atomic E-state index is 0.523. The van der Waals surface area contributed by atoms with Crippen molar-refractivity contribution in [1.82, 2.24) is 0 Å². The molecular formula is C42H86O2. The van der Waals surface area contributed by atoms with Crippen LogP contribution in [-0.2, 0) is 9.47 Å². The van der Waals surface area contributed by atoms with Crippen molar-refractivity contribution in [3.63, 3.8) is 0 Å². The summed E-state index contributed by atoms with van der Waals surface area (Å²) in [5.41, 5.74) is 0. The molecule has 0 aliphatic carbocycles. The van der Waals surface area contributed by atoms with Gasteiger partial charge in [0.15, 0.2) is 0 Å². The first-order valence-corrected chi connectivity index (χ1v) is 21.0. The minimum Gasteiger partial charge on any atom is -0.377 e. The second kappa shape index (κ2) is 39.1. The SMILES string of the molecule is C1CO1.CCCCCCCCCCCC(CCCCCCCC)OC(CCCCCCCC)CCCCCCCCCCC. The van der Waals surface area contributed by atoms with Crippen LogP contribution in [-0.4, -0.2) is 25.4 Å². The van der Waals surface area contributed by atoms with Crippen LogP contribution in [0.25, 0.3) is 0 Å². The van der Waals surface area contributed by atoms with Crippen LogP contribution in [0.15, 0.2) is 0 Å². The van der Waals surface area contributed by atoms with E-state index in [-0.39, 0.29) is 0 Å². The van der Waals surface area contributed by atoms with Crippen LogP contribution in [0.1, 0.15) is 246 Å². The Morgan fingerprint density at radius 1 is 0.318 bits per heavy atom. The third-order valence-electron chi connectivity index (χ3n) is 9.61. The Balaban J connectivity index is 0.00000576. The maximum atomic E-state index is 7.05. The van der Waals surface area contributed by atoms with Gasteiger partial charge in [0.05, 0.1) is 25.4 Å².